The molecule has 0 bridgehead atoms. The highest BCUT2D eigenvalue weighted by Crippen LogP contribution is 2.40. The van der Waals surface area contributed by atoms with Crippen molar-refractivity contribution in [3.05, 3.63) is 58.6 Å². The number of halogens is 1. The summed E-state index contributed by atoms with van der Waals surface area (Å²) in [5.74, 6) is -1.13. The average Bonchev–Trinajstić information content (AvgIpc) is 3.46. The summed E-state index contributed by atoms with van der Waals surface area (Å²) >= 11 is 6.21. The zero-order valence-corrected chi connectivity index (χ0v) is 20.5. The summed E-state index contributed by atoms with van der Waals surface area (Å²) in [6.45, 7) is 0.376. The molecule has 2 aromatic carbocycles. The normalized spacial score (nSPS) is 22.4. The number of aryl methyl sites for hydroxylation is 1. The van der Waals surface area contributed by atoms with Gasteiger partial charge in [0.15, 0.2) is 0 Å². The van der Waals surface area contributed by atoms with Crippen LogP contribution in [0.25, 0.3) is 0 Å². The molecular weight excluding hydrogens is 492 g/mol. The molecule has 9 nitrogen and oxygen atoms in total. The number of fused-ring (bicyclic) bond motifs is 2. The Labute approximate surface area is 208 Å². The summed E-state index contributed by atoms with van der Waals surface area (Å²) in [5.41, 5.74) is 0.687. The van der Waals surface area contributed by atoms with Gasteiger partial charge in [-0.25, -0.2) is 13.2 Å². The lowest BCUT2D eigenvalue weighted by molar-refractivity contribution is -0.134. The first-order chi connectivity index (χ1) is 16.7. The highest BCUT2D eigenvalue weighted by molar-refractivity contribution is 7.89. The number of amides is 4. The van der Waals surface area contributed by atoms with E-state index in [4.69, 9.17) is 11.6 Å². The number of urea groups is 1. The van der Waals surface area contributed by atoms with Crippen LogP contribution >= 0.6 is 11.6 Å². The summed E-state index contributed by atoms with van der Waals surface area (Å²) in [7, 11) is -3.71. The molecule has 2 N–H and O–H groups in total. The number of carbonyl (C=O) groups excluding carboxylic acids is 3. The van der Waals surface area contributed by atoms with Crippen molar-refractivity contribution in [2.75, 3.05) is 25.0 Å². The van der Waals surface area contributed by atoms with Gasteiger partial charge in [-0.05, 0) is 61.4 Å². The monoisotopic (exact) mass is 516 g/mol. The first-order valence-electron chi connectivity index (χ1n) is 11.5. The molecule has 0 aromatic heterocycles. The minimum atomic E-state index is -3.71. The lowest BCUT2D eigenvalue weighted by atomic mass is 9.76. The molecule has 35 heavy (non-hydrogen) atoms. The summed E-state index contributed by atoms with van der Waals surface area (Å²) in [5, 5.41) is 5.52. The van der Waals surface area contributed by atoms with E-state index in [0.717, 1.165) is 41.7 Å². The Balaban J connectivity index is 1.34. The van der Waals surface area contributed by atoms with Crippen LogP contribution < -0.4 is 10.6 Å². The van der Waals surface area contributed by atoms with E-state index in [1.165, 1.54) is 22.5 Å². The Kier molecular flexibility index (Phi) is 6.06. The zero-order chi connectivity index (χ0) is 24.8. The number of imide groups is 1. The van der Waals surface area contributed by atoms with E-state index >= 15 is 0 Å². The van der Waals surface area contributed by atoms with Crippen molar-refractivity contribution in [3.8, 4) is 0 Å². The molecule has 0 unspecified atom stereocenters. The molecule has 2 aliphatic heterocycles. The number of nitrogens with one attached hydrogen (secondary N) is 2. The van der Waals surface area contributed by atoms with Crippen LogP contribution in [-0.4, -0.2) is 55.1 Å². The Morgan fingerprint density at radius 3 is 2.60 bits per heavy atom. The Morgan fingerprint density at radius 1 is 1.09 bits per heavy atom. The van der Waals surface area contributed by atoms with Crippen molar-refractivity contribution < 1.29 is 22.8 Å². The minimum Gasteiger partial charge on any atom is -0.323 e. The smallest absolute Gasteiger partial charge is 0.323 e. The number of anilines is 1. The molecule has 184 valence electrons. The predicted molar refractivity (Wildman–Crippen MR) is 129 cm³/mol. The van der Waals surface area contributed by atoms with Crippen LogP contribution in [0.5, 0.6) is 0 Å². The van der Waals surface area contributed by atoms with Crippen LogP contribution in [0.1, 0.15) is 36.8 Å². The predicted octanol–water partition coefficient (Wildman–Crippen LogP) is 2.85. The Hall–Kier alpha value is -2.95. The van der Waals surface area contributed by atoms with Crippen LogP contribution in [-0.2, 0) is 31.6 Å². The first kappa shape index (κ1) is 23.8. The third-order valence-corrected chi connectivity index (χ3v) is 9.09. The number of rotatable bonds is 5. The van der Waals surface area contributed by atoms with Crippen molar-refractivity contribution in [2.24, 2.45) is 0 Å². The number of nitrogens with zero attached hydrogens (tertiary/aromatic N) is 2. The van der Waals surface area contributed by atoms with Crippen LogP contribution in [0.3, 0.4) is 0 Å². The lowest BCUT2D eigenvalue weighted by Gasteiger charge is -2.33. The van der Waals surface area contributed by atoms with E-state index in [-0.39, 0.29) is 15.6 Å². The van der Waals surface area contributed by atoms with Crippen LogP contribution in [0.15, 0.2) is 47.4 Å². The third-order valence-electron chi connectivity index (χ3n) is 6.87. The maximum Gasteiger partial charge on any atom is 0.325 e. The SMILES string of the molecule is O=C(CN1C(=O)N[C@@]2(CCCc3ccccc32)C1=O)Nc1cc(S(=O)(=O)N2CCCC2)ccc1Cl. The van der Waals surface area contributed by atoms with Crippen molar-refractivity contribution in [1.29, 1.82) is 0 Å². The molecule has 4 amide bonds. The summed E-state index contributed by atoms with van der Waals surface area (Å²) in [4.78, 5) is 39.9. The van der Waals surface area contributed by atoms with Gasteiger partial charge in [-0.3, -0.25) is 14.5 Å². The molecule has 2 fully saturated rings. The second-order valence-electron chi connectivity index (χ2n) is 9.04. The molecular formula is C24H25ClN4O5S. The fourth-order valence-corrected chi connectivity index (χ4v) is 6.84. The van der Waals surface area contributed by atoms with Gasteiger partial charge in [0.1, 0.15) is 12.1 Å². The van der Waals surface area contributed by atoms with E-state index in [1.807, 2.05) is 24.3 Å². The maximum absolute atomic E-state index is 13.4. The van der Waals surface area contributed by atoms with Gasteiger partial charge in [-0.1, -0.05) is 35.9 Å². The number of carbonyl (C=O) groups is 3. The summed E-state index contributed by atoms with van der Waals surface area (Å²) in [6.07, 6.45) is 3.60. The third kappa shape index (κ3) is 4.09. The second-order valence-corrected chi connectivity index (χ2v) is 11.4. The lowest BCUT2D eigenvalue weighted by Crippen LogP contribution is -2.47. The molecule has 2 heterocycles. The van der Waals surface area contributed by atoms with Crippen LogP contribution in [0.4, 0.5) is 10.5 Å². The molecule has 1 aliphatic carbocycles. The van der Waals surface area contributed by atoms with Crippen molar-refractivity contribution in [2.45, 2.75) is 42.5 Å². The zero-order valence-electron chi connectivity index (χ0n) is 18.9. The molecule has 1 spiro atoms. The van der Waals surface area contributed by atoms with E-state index in [2.05, 4.69) is 10.6 Å². The highest BCUT2D eigenvalue weighted by atomic mass is 35.5. The van der Waals surface area contributed by atoms with Crippen molar-refractivity contribution >= 4 is 45.2 Å². The standard InChI is InChI=1S/C24H25ClN4O5S/c25-19-10-9-17(35(33,34)28-12-3-4-13-28)14-20(19)26-21(30)15-29-22(31)24(27-23(29)32)11-5-7-16-6-1-2-8-18(16)24/h1-2,6,8-10,14H,3-5,7,11-13,15H2,(H,26,30)(H,27,32)/t24-/m1/s1. The molecule has 1 atom stereocenters. The van der Waals surface area contributed by atoms with Gasteiger partial charge in [-0.2, -0.15) is 4.31 Å². The summed E-state index contributed by atoms with van der Waals surface area (Å²) in [6, 6.07) is 11.0. The van der Waals surface area contributed by atoms with Gasteiger partial charge < -0.3 is 10.6 Å². The van der Waals surface area contributed by atoms with Gasteiger partial charge in [0, 0.05) is 13.1 Å². The second kappa shape index (κ2) is 8.92. The molecule has 0 saturated carbocycles. The van der Waals surface area contributed by atoms with E-state index < -0.39 is 40.0 Å². The van der Waals surface area contributed by atoms with E-state index in [1.54, 1.807) is 0 Å². The van der Waals surface area contributed by atoms with Crippen molar-refractivity contribution in [1.82, 2.24) is 14.5 Å². The Morgan fingerprint density at radius 2 is 1.83 bits per heavy atom. The quantitative estimate of drug-likeness (QED) is 0.593. The number of sulfonamides is 1. The van der Waals surface area contributed by atoms with E-state index in [9.17, 15) is 22.8 Å². The largest absolute Gasteiger partial charge is 0.325 e. The molecule has 11 heteroatoms. The maximum atomic E-state index is 13.4. The molecule has 5 rings (SSSR count). The molecule has 2 saturated heterocycles. The first-order valence-corrected chi connectivity index (χ1v) is 13.4. The van der Waals surface area contributed by atoms with Gasteiger partial charge in [0.05, 0.1) is 15.6 Å². The number of benzene rings is 2. The Bertz CT molecular complexity index is 1320. The number of hydrogen-bond acceptors (Lipinski definition) is 5. The average molecular weight is 517 g/mol. The molecule has 3 aliphatic rings. The summed E-state index contributed by atoms with van der Waals surface area (Å²) < 4.78 is 27.2. The molecule has 2 aromatic rings. The minimum absolute atomic E-state index is 0.0202. The van der Waals surface area contributed by atoms with Gasteiger partial charge in [-0.15, -0.1) is 0 Å². The van der Waals surface area contributed by atoms with Gasteiger partial charge in [0.25, 0.3) is 5.91 Å². The highest BCUT2D eigenvalue weighted by Gasteiger charge is 2.54. The van der Waals surface area contributed by atoms with Crippen molar-refractivity contribution in [3.63, 3.8) is 0 Å². The fourth-order valence-electron chi connectivity index (χ4n) is 5.13. The van der Waals surface area contributed by atoms with Gasteiger partial charge >= 0.3 is 6.03 Å². The number of hydrogen-bond donors (Lipinski definition) is 2. The van der Waals surface area contributed by atoms with E-state index in [0.29, 0.717) is 19.5 Å². The fraction of sp³-hybridized carbons (Fsp3) is 0.375. The molecule has 0 radical (unpaired) electrons. The topological polar surface area (TPSA) is 116 Å². The van der Waals surface area contributed by atoms with Gasteiger partial charge in [0.2, 0.25) is 15.9 Å². The van der Waals surface area contributed by atoms with Crippen LogP contribution in [0, 0.1) is 0 Å². The van der Waals surface area contributed by atoms with Crippen LogP contribution in [0.2, 0.25) is 5.02 Å².